The molecule has 0 aliphatic heterocycles. The van der Waals surface area contributed by atoms with Crippen LogP contribution in [0.15, 0.2) is 48.0 Å². The predicted molar refractivity (Wildman–Crippen MR) is 110 cm³/mol. The minimum absolute atomic E-state index is 0.0621. The summed E-state index contributed by atoms with van der Waals surface area (Å²) in [5.41, 5.74) is 0.738. The fourth-order valence-corrected chi connectivity index (χ4v) is 3.99. The van der Waals surface area contributed by atoms with E-state index in [1.165, 1.54) is 12.4 Å². The maximum Gasteiger partial charge on any atom is 0.267 e. The van der Waals surface area contributed by atoms with Gasteiger partial charge in [0.1, 0.15) is 24.3 Å². The van der Waals surface area contributed by atoms with Gasteiger partial charge in [-0.3, -0.25) is 9.78 Å². The molecule has 0 unspecified atom stereocenters. The van der Waals surface area contributed by atoms with Crippen LogP contribution in [0.2, 0.25) is 0 Å². The molecule has 10 nitrogen and oxygen atoms in total. The Bertz CT molecular complexity index is 1230. The van der Waals surface area contributed by atoms with Gasteiger partial charge in [0.15, 0.2) is 5.82 Å². The first-order valence-electron chi connectivity index (χ1n) is 9.97. The van der Waals surface area contributed by atoms with Crippen molar-refractivity contribution < 1.29 is 0 Å². The zero-order valence-electron chi connectivity index (χ0n) is 16.5. The van der Waals surface area contributed by atoms with Crippen molar-refractivity contribution in [2.24, 2.45) is 0 Å². The first-order valence-corrected chi connectivity index (χ1v) is 9.97. The van der Waals surface area contributed by atoms with E-state index >= 15 is 0 Å². The van der Waals surface area contributed by atoms with Gasteiger partial charge in [0.05, 0.1) is 17.8 Å². The van der Waals surface area contributed by atoms with Crippen molar-refractivity contribution >= 4 is 16.7 Å². The van der Waals surface area contributed by atoms with Gasteiger partial charge >= 0.3 is 0 Å². The molecule has 0 amide bonds. The molecule has 0 aromatic carbocycles. The number of hydrogen-bond donors (Lipinski definition) is 1. The van der Waals surface area contributed by atoms with E-state index in [1.807, 2.05) is 13.0 Å². The molecule has 4 heterocycles. The normalized spacial score (nSPS) is 19.1. The Balaban J connectivity index is 1.32. The largest absolute Gasteiger partial charge is 0.367 e. The van der Waals surface area contributed by atoms with Crippen LogP contribution < -0.4 is 10.9 Å². The van der Waals surface area contributed by atoms with Crippen LogP contribution in [0, 0.1) is 6.92 Å². The fraction of sp³-hybridized carbons (Fsp3) is 0.350. The van der Waals surface area contributed by atoms with Gasteiger partial charge in [-0.2, -0.15) is 5.10 Å². The molecule has 0 atom stereocenters. The highest BCUT2D eigenvalue weighted by Gasteiger charge is 2.25. The van der Waals surface area contributed by atoms with Crippen LogP contribution in [-0.4, -0.2) is 45.5 Å². The lowest BCUT2D eigenvalue weighted by atomic mass is 9.91. The van der Waals surface area contributed by atoms with Crippen molar-refractivity contribution in [1.29, 1.82) is 0 Å². The molecule has 1 aliphatic carbocycles. The molecule has 0 radical (unpaired) electrons. The first kappa shape index (κ1) is 18.3. The summed E-state index contributed by atoms with van der Waals surface area (Å²) in [5.74, 6) is 2.14. The number of aromatic nitrogens is 8. The standard InChI is InChI=1S/C20H21N9O/c1-13-24-17-10-21-9-8-16(17)20(25-13)26-14-2-4-15(5-3-14)29-19(30)7-6-18(27-29)28-12-22-11-23-28/h6-12,14-15H,2-5H2,1H3,(H,24,25,26). The lowest BCUT2D eigenvalue weighted by molar-refractivity contribution is 0.302. The summed E-state index contributed by atoms with van der Waals surface area (Å²) in [7, 11) is 0. The summed E-state index contributed by atoms with van der Waals surface area (Å²) in [6.45, 7) is 1.88. The van der Waals surface area contributed by atoms with Crippen molar-refractivity contribution in [3.05, 3.63) is 59.4 Å². The minimum atomic E-state index is -0.0970. The summed E-state index contributed by atoms with van der Waals surface area (Å²) < 4.78 is 3.14. The molecule has 152 valence electrons. The number of nitrogens with one attached hydrogen (secondary N) is 1. The van der Waals surface area contributed by atoms with E-state index in [2.05, 4.69) is 35.5 Å². The fourth-order valence-electron chi connectivity index (χ4n) is 3.99. The molecule has 0 bridgehead atoms. The second-order valence-corrected chi connectivity index (χ2v) is 7.48. The van der Waals surface area contributed by atoms with E-state index < -0.39 is 0 Å². The summed E-state index contributed by atoms with van der Waals surface area (Å²) in [5, 5.41) is 13.2. The van der Waals surface area contributed by atoms with E-state index in [0.717, 1.165) is 42.4 Å². The molecular formula is C20H21N9O. The topological polar surface area (TPSA) is 116 Å². The Labute approximate surface area is 172 Å². The number of rotatable bonds is 4. The number of anilines is 1. The highest BCUT2D eigenvalue weighted by Crippen LogP contribution is 2.30. The number of nitrogens with zero attached hydrogens (tertiary/aromatic N) is 8. The third-order valence-electron chi connectivity index (χ3n) is 5.46. The molecule has 4 aromatic heterocycles. The SMILES string of the molecule is Cc1nc(NC2CCC(n3nc(-n4cncn4)ccc3=O)CC2)c2ccncc2n1. The highest BCUT2D eigenvalue weighted by atomic mass is 16.1. The van der Waals surface area contributed by atoms with Gasteiger partial charge in [0.25, 0.3) is 5.56 Å². The van der Waals surface area contributed by atoms with E-state index in [0.29, 0.717) is 11.6 Å². The van der Waals surface area contributed by atoms with Crippen LogP contribution >= 0.6 is 0 Å². The summed E-state index contributed by atoms with van der Waals surface area (Å²) in [6.07, 6.45) is 10.1. The average Bonchev–Trinajstić information content (AvgIpc) is 3.30. The van der Waals surface area contributed by atoms with Gasteiger partial charge < -0.3 is 5.32 Å². The van der Waals surface area contributed by atoms with Crippen molar-refractivity contribution in [3.63, 3.8) is 0 Å². The second kappa shape index (κ2) is 7.62. The Kier molecular flexibility index (Phi) is 4.66. The average molecular weight is 403 g/mol. The Morgan fingerprint density at radius 2 is 1.93 bits per heavy atom. The Morgan fingerprint density at radius 1 is 1.07 bits per heavy atom. The lowest BCUT2D eigenvalue weighted by Gasteiger charge is -2.30. The van der Waals surface area contributed by atoms with E-state index in [9.17, 15) is 4.79 Å². The second-order valence-electron chi connectivity index (χ2n) is 7.48. The van der Waals surface area contributed by atoms with Gasteiger partial charge in [-0.15, -0.1) is 5.10 Å². The molecule has 5 rings (SSSR count). The monoisotopic (exact) mass is 403 g/mol. The van der Waals surface area contributed by atoms with Gasteiger partial charge in [0.2, 0.25) is 0 Å². The third kappa shape index (κ3) is 3.51. The van der Waals surface area contributed by atoms with E-state index in [1.54, 1.807) is 34.2 Å². The van der Waals surface area contributed by atoms with Gasteiger partial charge in [-0.1, -0.05) is 0 Å². The molecule has 0 saturated heterocycles. The van der Waals surface area contributed by atoms with Gasteiger partial charge in [-0.25, -0.2) is 24.3 Å². The molecule has 0 spiro atoms. The molecule has 1 N–H and O–H groups in total. The highest BCUT2D eigenvalue weighted by molar-refractivity contribution is 5.88. The summed E-state index contributed by atoms with van der Waals surface area (Å²) in [6, 6.07) is 5.48. The molecular weight excluding hydrogens is 382 g/mol. The first-order chi connectivity index (χ1) is 14.7. The summed E-state index contributed by atoms with van der Waals surface area (Å²) >= 11 is 0. The van der Waals surface area contributed by atoms with Crippen LogP contribution in [-0.2, 0) is 0 Å². The van der Waals surface area contributed by atoms with E-state index in [4.69, 9.17) is 0 Å². The Hall–Kier alpha value is -3.69. The minimum Gasteiger partial charge on any atom is -0.367 e. The zero-order valence-corrected chi connectivity index (χ0v) is 16.5. The maximum absolute atomic E-state index is 12.4. The Morgan fingerprint density at radius 3 is 2.73 bits per heavy atom. The van der Waals surface area contributed by atoms with Crippen LogP contribution in [0.5, 0.6) is 0 Å². The van der Waals surface area contributed by atoms with E-state index in [-0.39, 0.29) is 17.6 Å². The van der Waals surface area contributed by atoms with Crippen LogP contribution in [0.4, 0.5) is 5.82 Å². The van der Waals surface area contributed by atoms with Crippen molar-refractivity contribution in [2.45, 2.75) is 44.7 Å². The maximum atomic E-state index is 12.4. The molecule has 1 fully saturated rings. The molecule has 10 heteroatoms. The number of fused-ring (bicyclic) bond motifs is 1. The van der Waals surface area contributed by atoms with Crippen molar-refractivity contribution in [3.8, 4) is 5.82 Å². The summed E-state index contributed by atoms with van der Waals surface area (Å²) in [4.78, 5) is 29.6. The van der Waals surface area contributed by atoms with Gasteiger partial charge in [0, 0.05) is 23.7 Å². The van der Waals surface area contributed by atoms with Crippen molar-refractivity contribution in [2.75, 3.05) is 5.32 Å². The van der Waals surface area contributed by atoms with Gasteiger partial charge in [-0.05, 0) is 44.7 Å². The molecule has 1 aliphatic rings. The van der Waals surface area contributed by atoms with Crippen LogP contribution in [0.1, 0.15) is 37.5 Å². The zero-order chi connectivity index (χ0) is 20.5. The predicted octanol–water partition coefficient (Wildman–Crippen LogP) is 2.07. The lowest BCUT2D eigenvalue weighted by Crippen LogP contribution is -2.33. The van der Waals surface area contributed by atoms with Crippen molar-refractivity contribution in [1.82, 2.24) is 39.5 Å². The third-order valence-corrected chi connectivity index (χ3v) is 5.46. The van der Waals surface area contributed by atoms with Crippen LogP contribution in [0.25, 0.3) is 16.7 Å². The number of aryl methyl sites for hydroxylation is 1. The molecule has 4 aromatic rings. The van der Waals surface area contributed by atoms with Crippen LogP contribution in [0.3, 0.4) is 0 Å². The smallest absolute Gasteiger partial charge is 0.267 e. The molecule has 1 saturated carbocycles. The number of pyridine rings is 1. The quantitative estimate of drug-likeness (QED) is 0.550. The molecule has 30 heavy (non-hydrogen) atoms. The number of hydrogen-bond acceptors (Lipinski definition) is 8.